The summed E-state index contributed by atoms with van der Waals surface area (Å²) >= 11 is 0. The Balaban J connectivity index is 1.60. The zero-order valence-electron chi connectivity index (χ0n) is 12.0. The van der Waals surface area contributed by atoms with Crippen molar-refractivity contribution in [1.82, 2.24) is 25.0 Å². The van der Waals surface area contributed by atoms with Gasteiger partial charge in [0.2, 0.25) is 0 Å². The fourth-order valence-corrected chi connectivity index (χ4v) is 1.96. The van der Waals surface area contributed by atoms with Crippen LogP contribution in [0.3, 0.4) is 0 Å². The Labute approximate surface area is 130 Å². The van der Waals surface area contributed by atoms with Gasteiger partial charge in [-0.25, -0.2) is 9.78 Å². The summed E-state index contributed by atoms with van der Waals surface area (Å²) in [6.45, 7) is 0.602. The zero-order valence-corrected chi connectivity index (χ0v) is 12.0. The van der Waals surface area contributed by atoms with Gasteiger partial charge in [0.05, 0.1) is 0 Å². The first-order valence-corrected chi connectivity index (χ1v) is 6.91. The molecule has 116 valence electrons. The van der Waals surface area contributed by atoms with Gasteiger partial charge >= 0.3 is 5.69 Å². The van der Waals surface area contributed by atoms with Crippen LogP contribution in [0, 0.1) is 0 Å². The number of carbonyl (C=O) groups excluding carboxylic acids is 1. The molecular weight excluding hydrogens is 298 g/mol. The second-order valence-corrected chi connectivity index (χ2v) is 4.67. The highest BCUT2D eigenvalue weighted by atomic mass is 16.5. The molecule has 0 unspecified atom stereocenters. The highest BCUT2D eigenvalue weighted by Crippen LogP contribution is 2.18. The molecule has 3 heterocycles. The maximum atomic E-state index is 12.0. The van der Waals surface area contributed by atoms with Crippen LogP contribution in [0.25, 0.3) is 11.3 Å². The van der Waals surface area contributed by atoms with Crippen LogP contribution in [0.2, 0.25) is 0 Å². The average molecular weight is 311 g/mol. The van der Waals surface area contributed by atoms with Crippen molar-refractivity contribution in [3.8, 4) is 11.3 Å². The topological polar surface area (TPSA) is 103 Å². The molecule has 0 aliphatic carbocycles. The van der Waals surface area contributed by atoms with Crippen molar-refractivity contribution in [3.63, 3.8) is 0 Å². The van der Waals surface area contributed by atoms with E-state index in [1.54, 1.807) is 36.8 Å². The molecule has 0 aromatic carbocycles. The summed E-state index contributed by atoms with van der Waals surface area (Å²) in [4.78, 5) is 31.1. The van der Waals surface area contributed by atoms with Crippen LogP contribution in [0.15, 0.2) is 58.4 Å². The van der Waals surface area contributed by atoms with Gasteiger partial charge in [-0.15, -0.1) is 0 Å². The molecule has 8 heteroatoms. The first-order valence-electron chi connectivity index (χ1n) is 6.91. The lowest BCUT2D eigenvalue weighted by Crippen LogP contribution is -2.31. The molecule has 0 aliphatic rings. The fraction of sp³-hybridized carbons (Fsp3) is 0.133. The maximum absolute atomic E-state index is 12.0. The standard InChI is InChI=1S/C15H13N5O3/c21-14(17-6-8-20-7-2-5-18-15(20)22)12-9-13(23-19-12)11-3-1-4-16-10-11/h1-5,7,9-10H,6,8H2,(H,17,21). The maximum Gasteiger partial charge on any atom is 0.347 e. The Hall–Kier alpha value is -3.29. The van der Waals surface area contributed by atoms with E-state index in [1.807, 2.05) is 6.07 Å². The molecule has 3 aromatic heterocycles. The van der Waals surface area contributed by atoms with E-state index in [0.717, 1.165) is 5.56 Å². The molecule has 3 aromatic rings. The lowest BCUT2D eigenvalue weighted by Gasteiger charge is -2.04. The van der Waals surface area contributed by atoms with Gasteiger partial charge in [-0.3, -0.25) is 14.3 Å². The molecule has 0 radical (unpaired) electrons. The smallest absolute Gasteiger partial charge is 0.347 e. The van der Waals surface area contributed by atoms with Gasteiger partial charge in [0.25, 0.3) is 5.91 Å². The molecule has 0 atom stereocenters. The van der Waals surface area contributed by atoms with Gasteiger partial charge in [0, 0.05) is 49.5 Å². The van der Waals surface area contributed by atoms with Crippen LogP contribution >= 0.6 is 0 Å². The van der Waals surface area contributed by atoms with Gasteiger partial charge in [-0.1, -0.05) is 5.16 Å². The molecule has 0 bridgehead atoms. The molecule has 0 saturated carbocycles. The summed E-state index contributed by atoms with van der Waals surface area (Å²) in [5.74, 6) is 0.0903. The molecule has 0 saturated heterocycles. The Morgan fingerprint density at radius 1 is 1.30 bits per heavy atom. The van der Waals surface area contributed by atoms with E-state index >= 15 is 0 Å². The summed E-state index contributed by atoms with van der Waals surface area (Å²) in [6, 6.07) is 6.77. The van der Waals surface area contributed by atoms with Crippen LogP contribution in [0.5, 0.6) is 0 Å². The Kier molecular flexibility index (Phi) is 4.23. The Morgan fingerprint density at radius 3 is 3.00 bits per heavy atom. The van der Waals surface area contributed by atoms with Crippen LogP contribution in [-0.2, 0) is 6.54 Å². The number of hydrogen-bond acceptors (Lipinski definition) is 6. The summed E-state index contributed by atoms with van der Waals surface area (Å²) in [5.41, 5.74) is 0.547. The van der Waals surface area contributed by atoms with Crippen molar-refractivity contribution in [2.24, 2.45) is 0 Å². The van der Waals surface area contributed by atoms with Crippen LogP contribution < -0.4 is 11.0 Å². The molecule has 0 spiro atoms. The van der Waals surface area contributed by atoms with Gasteiger partial charge in [0.15, 0.2) is 11.5 Å². The number of pyridine rings is 1. The number of amides is 1. The zero-order chi connectivity index (χ0) is 16.1. The molecule has 0 aliphatic heterocycles. The van der Waals surface area contributed by atoms with Gasteiger partial charge in [-0.2, -0.15) is 0 Å². The number of nitrogens with one attached hydrogen (secondary N) is 1. The van der Waals surface area contributed by atoms with E-state index in [0.29, 0.717) is 12.3 Å². The third kappa shape index (κ3) is 3.49. The van der Waals surface area contributed by atoms with Crippen molar-refractivity contribution in [2.75, 3.05) is 6.54 Å². The normalized spacial score (nSPS) is 10.4. The minimum absolute atomic E-state index is 0.169. The van der Waals surface area contributed by atoms with E-state index in [-0.39, 0.29) is 23.8 Å². The number of nitrogens with zero attached hydrogens (tertiary/aromatic N) is 4. The van der Waals surface area contributed by atoms with Crippen molar-refractivity contribution >= 4 is 5.91 Å². The van der Waals surface area contributed by atoms with Crippen LogP contribution in [-0.4, -0.2) is 32.1 Å². The Morgan fingerprint density at radius 2 is 2.22 bits per heavy atom. The van der Waals surface area contributed by atoms with Crippen molar-refractivity contribution < 1.29 is 9.32 Å². The van der Waals surface area contributed by atoms with E-state index < -0.39 is 0 Å². The average Bonchev–Trinajstić information content (AvgIpc) is 3.07. The highest BCUT2D eigenvalue weighted by Gasteiger charge is 2.13. The Bertz CT molecular complexity index is 857. The lowest BCUT2D eigenvalue weighted by molar-refractivity contribution is 0.0943. The van der Waals surface area contributed by atoms with Crippen LogP contribution in [0.4, 0.5) is 0 Å². The number of rotatable bonds is 5. The molecule has 3 rings (SSSR count). The van der Waals surface area contributed by atoms with Crippen molar-refractivity contribution in [2.45, 2.75) is 6.54 Å². The van der Waals surface area contributed by atoms with Gasteiger partial charge in [0.1, 0.15) is 0 Å². The second-order valence-electron chi connectivity index (χ2n) is 4.67. The summed E-state index contributed by atoms with van der Waals surface area (Å²) < 4.78 is 6.55. The predicted molar refractivity (Wildman–Crippen MR) is 80.6 cm³/mol. The molecular formula is C15H13N5O3. The number of carbonyl (C=O) groups is 1. The quantitative estimate of drug-likeness (QED) is 0.745. The third-order valence-corrected chi connectivity index (χ3v) is 3.11. The highest BCUT2D eigenvalue weighted by molar-refractivity contribution is 5.93. The lowest BCUT2D eigenvalue weighted by atomic mass is 10.2. The van der Waals surface area contributed by atoms with Crippen molar-refractivity contribution in [3.05, 3.63) is 65.2 Å². The van der Waals surface area contributed by atoms with E-state index in [1.165, 1.54) is 10.8 Å². The summed E-state index contributed by atoms with van der Waals surface area (Å²) in [5, 5.41) is 6.41. The molecule has 1 N–H and O–H groups in total. The third-order valence-electron chi connectivity index (χ3n) is 3.11. The minimum atomic E-state index is -0.374. The van der Waals surface area contributed by atoms with Crippen molar-refractivity contribution in [1.29, 1.82) is 0 Å². The van der Waals surface area contributed by atoms with Gasteiger partial charge < -0.3 is 9.84 Å². The van der Waals surface area contributed by atoms with Gasteiger partial charge in [-0.05, 0) is 18.2 Å². The monoisotopic (exact) mass is 311 g/mol. The molecule has 1 amide bonds. The van der Waals surface area contributed by atoms with E-state index in [9.17, 15) is 9.59 Å². The first-order chi connectivity index (χ1) is 11.2. The molecule has 0 fully saturated rings. The SMILES string of the molecule is O=C(NCCn1cccnc1=O)c1cc(-c2cccnc2)on1. The molecule has 23 heavy (non-hydrogen) atoms. The second kappa shape index (κ2) is 6.65. The summed E-state index contributed by atoms with van der Waals surface area (Å²) in [6.07, 6.45) is 6.30. The van der Waals surface area contributed by atoms with Crippen LogP contribution in [0.1, 0.15) is 10.5 Å². The largest absolute Gasteiger partial charge is 0.355 e. The first kappa shape index (κ1) is 14.6. The van der Waals surface area contributed by atoms with E-state index in [4.69, 9.17) is 4.52 Å². The number of aromatic nitrogens is 4. The predicted octanol–water partition coefficient (Wildman–Crippen LogP) is 0.723. The molecule has 8 nitrogen and oxygen atoms in total. The fourth-order valence-electron chi connectivity index (χ4n) is 1.96. The minimum Gasteiger partial charge on any atom is -0.355 e. The summed E-state index contributed by atoms with van der Waals surface area (Å²) in [7, 11) is 0. The van der Waals surface area contributed by atoms with E-state index in [2.05, 4.69) is 20.4 Å². The number of hydrogen-bond donors (Lipinski definition) is 1.